The van der Waals surface area contributed by atoms with Gasteiger partial charge < -0.3 is 38.5 Å². The number of hydrogen-bond acceptors (Lipinski definition) is 10. The number of rotatable bonds is 40. The maximum Gasteiger partial charge on any atom is 0.407 e. The SMILES string of the molecule is COCCOCCNC(=O)OCC(COCCCCCC(=O)OCCCC(CCC(C)C)C(C)C)OCCCCCCCOC(=O)CCC(CCC(C)C)C(C)C. The zero-order chi connectivity index (χ0) is 42.5. The smallest absolute Gasteiger partial charge is 0.407 e. The summed E-state index contributed by atoms with van der Waals surface area (Å²) in [5, 5.41) is 2.69. The lowest BCUT2D eigenvalue weighted by molar-refractivity contribution is -0.145. The lowest BCUT2D eigenvalue weighted by Crippen LogP contribution is -2.33. The number of amides is 1. The molecular weight excluding hydrogens is 727 g/mol. The minimum absolute atomic E-state index is 0.0773. The Labute approximate surface area is 349 Å². The second-order valence-corrected chi connectivity index (χ2v) is 17.3. The Morgan fingerprint density at radius 2 is 1.04 bits per heavy atom. The molecule has 11 nitrogen and oxygen atoms in total. The van der Waals surface area contributed by atoms with E-state index in [1.807, 2.05) is 0 Å². The summed E-state index contributed by atoms with van der Waals surface area (Å²) >= 11 is 0. The van der Waals surface area contributed by atoms with E-state index in [9.17, 15) is 14.4 Å². The maximum absolute atomic E-state index is 12.3. The van der Waals surface area contributed by atoms with Crippen LogP contribution < -0.4 is 5.32 Å². The number of unbranched alkanes of at least 4 members (excludes halogenated alkanes) is 6. The average molecular weight is 816 g/mol. The van der Waals surface area contributed by atoms with Crippen molar-refractivity contribution < 1.29 is 47.5 Å². The molecule has 0 rings (SSSR count). The van der Waals surface area contributed by atoms with Crippen molar-refractivity contribution in [3.05, 3.63) is 0 Å². The number of ether oxygens (including phenoxy) is 7. The first-order chi connectivity index (χ1) is 27.3. The molecule has 11 heteroatoms. The van der Waals surface area contributed by atoms with Gasteiger partial charge in [0.1, 0.15) is 12.7 Å². The van der Waals surface area contributed by atoms with Gasteiger partial charge in [0.15, 0.2) is 0 Å². The van der Waals surface area contributed by atoms with Gasteiger partial charge in [0, 0.05) is 39.7 Å². The molecule has 0 heterocycles. The maximum atomic E-state index is 12.3. The van der Waals surface area contributed by atoms with Gasteiger partial charge in [0.05, 0.1) is 39.6 Å². The lowest BCUT2D eigenvalue weighted by Gasteiger charge is -2.21. The van der Waals surface area contributed by atoms with Crippen LogP contribution in [-0.4, -0.2) is 97.3 Å². The molecule has 57 heavy (non-hydrogen) atoms. The van der Waals surface area contributed by atoms with E-state index in [0.717, 1.165) is 76.5 Å². The molecule has 0 aromatic carbocycles. The highest BCUT2D eigenvalue weighted by atomic mass is 16.6. The van der Waals surface area contributed by atoms with E-state index in [1.54, 1.807) is 7.11 Å². The van der Waals surface area contributed by atoms with Crippen LogP contribution in [0.1, 0.15) is 165 Å². The largest absolute Gasteiger partial charge is 0.466 e. The highest BCUT2D eigenvalue weighted by Crippen LogP contribution is 2.26. The number of carbonyl (C=O) groups excluding carboxylic acids is 3. The third kappa shape index (κ3) is 36.8. The van der Waals surface area contributed by atoms with Crippen LogP contribution in [0.25, 0.3) is 0 Å². The van der Waals surface area contributed by atoms with Gasteiger partial charge in [-0.2, -0.15) is 0 Å². The summed E-state index contributed by atoms with van der Waals surface area (Å²) in [5.74, 6) is 3.72. The highest BCUT2D eigenvalue weighted by Gasteiger charge is 2.17. The van der Waals surface area contributed by atoms with Crippen molar-refractivity contribution in [1.29, 1.82) is 0 Å². The van der Waals surface area contributed by atoms with E-state index >= 15 is 0 Å². The molecule has 0 saturated heterocycles. The van der Waals surface area contributed by atoms with Gasteiger partial charge in [-0.3, -0.25) is 9.59 Å². The number of carbonyl (C=O) groups is 3. The van der Waals surface area contributed by atoms with E-state index in [2.05, 4.69) is 60.7 Å². The van der Waals surface area contributed by atoms with Crippen LogP contribution in [0.2, 0.25) is 0 Å². The van der Waals surface area contributed by atoms with Crippen LogP contribution >= 0.6 is 0 Å². The van der Waals surface area contributed by atoms with Crippen LogP contribution in [-0.2, 0) is 42.7 Å². The Kier molecular flexibility index (Phi) is 37.0. The van der Waals surface area contributed by atoms with Crippen LogP contribution in [0.15, 0.2) is 0 Å². The van der Waals surface area contributed by atoms with Gasteiger partial charge in [-0.05, 0) is 93.3 Å². The monoisotopic (exact) mass is 816 g/mol. The number of esters is 2. The van der Waals surface area contributed by atoms with E-state index in [1.165, 1.54) is 25.7 Å². The topological polar surface area (TPSA) is 128 Å². The standard InChI is InChI=1S/C46H89NO10/c1-37(2)21-23-41(39(5)6)19-18-31-56-44(48)20-14-13-15-28-53-35-43(36-57-46(50)47-27-32-52-34-33-51-9)54-29-16-11-10-12-17-30-55-45(49)26-25-42(40(7)8)24-22-38(3)4/h37-43H,10-36H2,1-9H3,(H,47,50). The molecule has 3 atom stereocenters. The molecule has 0 aromatic rings. The van der Waals surface area contributed by atoms with Gasteiger partial charge in [0.2, 0.25) is 0 Å². The Hall–Kier alpha value is -1.95. The molecule has 0 aromatic heterocycles. The lowest BCUT2D eigenvalue weighted by atomic mass is 9.85. The third-order valence-corrected chi connectivity index (χ3v) is 10.5. The molecule has 0 spiro atoms. The zero-order valence-corrected chi connectivity index (χ0v) is 38.2. The van der Waals surface area contributed by atoms with Crippen LogP contribution in [0.5, 0.6) is 0 Å². The van der Waals surface area contributed by atoms with Gasteiger partial charge in [-0.1, -0.05) is 93.9 Å². The second kappa shape index (κ2) is 38.3. The molecule has 0 aliphatic carbocycles. The van der Waals surface area contributed by atoms with E-state index in [4.69, 9.17) is 33.2 Å². The Bertz CT molecular complexity index is 944. The van der Waals surface area contributed by atoms with E-state index in [-0.39, 0.29) is 24.6 Å². The Morgan fingerprint density at radius 1 is 0.474 bits per heavy atom. The summed E-state index contributed by atoms with van der Waals surface area (Å²) in [5.41, 5.74) is 0. The summed E-state index contributed by atoms with van der Waals surface area (Å²) in [6.45, 7) is 22.2. The van der Waals surface area contributed by atoms with E-state index in [0.29, 0.717) is 102 Å². The summed E-state index contributed by atoms with van der Waals surface area (Å²) in [4.78, 5) is 36.8. The molecule has 0 bridgehead atoms. The molecule has 0 fully saturated rings. The van der Waals surface area contributed by atoms with Gasteiger partial charge >= 0.3 is 18.0 Å². The summed E-state index contributed by atoms with van der Waals surface area (Å²) in [6, 6.07) is 0. The molecule has 0 radical (unpaired) electrons. The fourth-order valence-electron chi connectivity index (χ4n) is 6.56. The summed E-state index contributed by atoms with van der Waals surface area (Å²) < 4.78 is 38.7. The van der Waals surface area contributed by atoms with Gasteiger partial charge in [0.25, 0.3) is 0 Å². The predicted octanol–water partition coefficient (Wildman–Crippen LogP) is 10.4. The average Bonchev–Trinajstić information content (AvgIpc) is 3.15. The molecule has 0 aliphatic heterocycles. The van der Waals surface area contributed by atoms with Gasteiger partial charge in [-0.25, -0.2) is 4.79 Å². The van der Waals surface area contributed by atoms with Crippen molar-refractivity contribution in [3.63, 3.8) is 0 Å². The minimum Gasteiger partial charge on any atom is -0.466 e. The quantitative estimate of drug-likeness (QED) is 0.0363. The first-order valence-corrected chi connectivity index (χ1v) is 22.8. The van der Waals surface area contributed by atoms with Crippen LogP contribution in [0.4, 0.5) is 4.79 Å². The molecule has 338 valence electrons. The summed E-state index contributed by atoms with van der Waals surface area (Å²) in [6.07, 6.45) is 15.1. The molecule has 0 saturated carbocycles. The van der Waals surface area contributed by atoms with Crippen LogP contribution in [0.3, 0.4) is 0 Å². The number of alkyl carbamates (subject to hydrolysis) is 1. The van der Waals surface area contributed by atoms with Crippen LogP contribution in [0, 0.1) is 35.5 Å². The fraction of sp³-hybridized carbons (Fsp3) is 0.935. The number of hydrogen-bond donors (Lipinski definition) is 1. The number of methoxy groups -OCH3 is 1. The highest BCUT2D eigenvalue weighted by molar-refractivity contribution is 5.69. The van der Waals surface area contributed by atoms with Gasteiger partial charge in [-0.15, -0.1) is 0 Å². The van der Waals surface area contributed by atoms with Crippen molar-refractivity contribution in [2.24, 2.45) is 35.5 Å². The second-order valence-electron chi connectivity index (χ2n) is 17.3. The molecule has 1 amide bonds. The van der Waals surface area contributed by atoms with Crippen molar-refractivity contribution in [2.45, 2.75) is 171 Å². The number of nitrogens with one attached hydrogen (secondary N) is 1. The van der Waals surface area contributed by atoms with E-state index < -0.39 is 6.09 Å². The molecule has 0 aliphatic rings. The normalized spacial score (nSPS) is 13.4. The molecule has 3 unspecified atom stereocenters. The minimum atomic E-state index is -0.525. The third-order valence-electron chi connectivity index (χ3n) is 10.5. The zero-order valence-electron chi connectivity index (χ0n) is 38.2. The first kappa shape index (κ1) is 55.0. The van der Waals surface area contributed by atoms with Crippen molar-refractivity contribution in [2.75, 3.05) is 73.1 Å². The first-order valence-electron chi connectivity index (χ1n) is 22.8. The molecular formula is C46H89NO10. The Morgan fingerprint density at radius 3 is 1.67 bits per heavy atom. The van der Waals surface area contributed by atoms with Crippen molar-refractivity contribution in [1.82, 2.24) is 5.32 Å². The Balaban J connectivity index is 4.34. The molecule has 1 N–H and O–H groups in total. The summed E-state index contributed by atoms with van der Waals surface area (Å²) in [7, 11) is 1.61. The van der Waals surface area contributed by atoms with Crippen molar-refractivity contribution >= 4 is 18.0 Å². The fourth-order valence-corrected chi connectivity index (χ4v) is 6.56. The van der Waals surface area contributed by atoms with Crippen molar-refractivity contribution in [3.8, 4) is 0 Å². The predicted molar refractivity (Wildman–Crippen MR) is 229 cm³/mol.